The Morgan fingerprint density at radius 2 is 2.08 bits per heavy atom. The van der Waals surface area contributed by atoms with E-state index in [4.69, 9.17) is 16.9 Å². The lowest BCUT2D eigenvalue weighted by Crippen LogP contribution is -1.80. The SMILES string of the molecule is N#C/C(Cl)=C1/CCc2ccccc21. The molecular formula is C11H8ClN. The highest BCUT2D eigenvalue weighted by Gasteiger charge is 2.17. The van der Waals surface area contributed by atoms with Crippen LogP contribution < -0.4 is 0 Å². The summed E-state index contributed by atoms with van der Waals surface area (Å²) in [6, 6.07) is 10.1. The fourth-order valence-corrected chi connectivity index (χ4v) is 1.92. The molecule has 1 aliphatic rings. The van der Waals surface area contributed by atoms with Crippen molar-refractivity contribution < 1.29 is 0 Å². The first-order chi connectivity index (χ1) is 6.33. The number of aryl methyl sites for hydroxylation is 1. The van der Waals surface area contributed by atoms with E-state index in [0.29, 0.717) is 5.03 Å². The highest BCUT2D eigenvalue weighted by Crippen LogP contribution is 2.34. The lowest BCUT2D eigenvalue weighted by Gasteiger charge is -1.98. The maximum absolute atomic E-state index is 8.68. The Bertz CT molecular complexity index is 412. The van der Waals surface area contributed by atoms with Gasteiger partial charge >= 0.3 is 0 Å². The molecule has 1 aliphatic carbocycles. The topological polar surface area (TPSA) is 23.8 Å². The van der Waals surface area contributed by atoms with Gasteiger partial charge in [0.05, 0.1) is 0 Å². The molecule has 0 radical (unpaired) electrons. The number of allylic oxidation sites excluding steroid dienone is 2. The zero-order chi connectivity index (χ0) is 9.26. The fourth-order valence-electron chi connectivity index (χ4n) is 1.72. The van der Waals surface area contributed by atoms with E-state index < -0.39 is 0 Å². The zero-order valence-corrected chi connectivity index (χ0v) is 7.80. The van der Waals surface area contributed by atoms with Crippen LogP contribution in [-0.4, -0.2) is 0 Å². The van der Waals surface area contributed by atoms with Gasteiger partial charge in [-0.05, 0) is 29.5 Å². The molecule has 0 saturated heterocycles. The molecule has 0 saturated carbocycles. The van der Waals surface area contributed by atoms with Crippen LogP contribution in [0.4, 0.5) is 0 Å². The Hall–Kier alpha value is -1.26. The molecule has 1 aromatic rings. The minimum atomic E-state index is 0.338. The van der Waals surface area contributed by atoms with E-state index in [9.17, 15) is 0 Å². The highest BCUT2D eigenvalue weighted by molar-refractivity contribution is 6.35. The summed E-state index contributed by atoms with van der Waals surface area (Å²) in [7, 11) is 0. The highest BCUT2D eigenvalue weighted by atomic mass is 35.5. The predicted octanol–water partition coefficient (Wildman–Crippen LogP) is 3.11. The number of halogens is 1. The van der Waals surface area contributed by atoms with Crippen LogP contribution in [-0.2, 0) is 6.42 Å². The molecule has 0 fully saturated rings. The fraction of sp³-hybridized carbons (Fsp3) is 0.182. The largest absolute Gasteiger partial charge is 0.191 e. The number of rotatable bonds is 0. The first-order valence-corrected chi connectivity index (χ1v) is 4.58. The summed E-state index contributed by atoms with van der Waals surface area (Å²) in [5.74, 6) is 0. The molecule has 1 nitrogen and oxygen atoms in total. The number of nitriles is 1. The third-order valence-corrected chi connectivity index (χ3v) is 2.66. The van der Waals surface area contributed by atoms with E-state index in [0.717, 1.165) is 24.0 Å². The summed E-state index contributed by atoms with van der Waals surface area (Å²) in [6.45, 7) is 0. The van der Waals surface area contributed by atoms with Gasteiger partial charge in [0.25, 0.3) is 0 Å². The van der Waals surface area contributed by atoms with Gasteiger partial charge in [0.15, 0.2) is 0 Å². The Labute approximate surface area is 82.3 Å². The van der Waals surface area contributed by atoms with E-state index >= 15 is 0 Å². The van der Waals surface area contributed by atoms with Crippen LogP contribution in [0, 0.1) is 11.3 Å². The van der Waals surface area contributed by atoms with Crippen LogP contribution in [0.5, 0.6) is 0 Å². The van der Waals surface area contributed by atoms with Gasteiger partial charge < -0.3 is 0 Å². The number of fused-ring (bicyclic) bond motifs is 1. The molecule has 0 aromatic heterocycles. The third kappa shape index (κ3) is 1.34. The van der Waals surface area contributed by atoms with Crippen molar-refractivity contribution in [1.29, 1.82) is 5.26 Å². The second kappa shape index (κ2) is 3.24. The lowest BCUT2D eigenvalue weighted by atomic mass is 10.1. The van der Waals surface area contributed by atoms with Crippen LogP contribution in [0.3, 0.4) is 0 Å². The van der Waals surface area contributed by atoms with Crippen LogP contribution >= 0.6 is 11.6 Å². The minimum absolute atomic E-state index is 0.338. The summed E-state index contributed by atoms with van der Waals surface area (Å²) >= 11 is 5.82. The molecule has 13 heavy (non-hydrogen) atoms. The van der Waals surface area contributed by atoms with Gasteiger partial charge in [0.1, 0.15) is 11.1 Å². The summed E-state index contributed by atoms with van der Waals surface area (Å²) in [5, 5.41) is 9.02. The van der Waals surface area contributed by atoms with E-state index in [2.05, 4.69) is 6.07 Å². The van der Waals surface area contributed by atoms with Gasteiger partial charge in [-0.3, -0.25) is 0 Å². The first-order valence-electron chi connectivity index (χ1n) is 4.20. The van der Waals surface area contributed by atoms with Crippen LogP contribution in [0.15, 0.2) is 29.3 Å². The standard InChI is InChI=1S/C11H8ClN/c12-11(7-13)10-6-5-8-3-1-2-4-9(8)10/h1-4H,5-6H2/b11-10+. The van der Waals surface area contributed by atoms with Crippen molar-refractivity contribution in [2.24, 2.45) is 0 Å². The Morgan fingerprint density at radius 1 is 1.31 bits per heavy atom. The van der Waals surface area contributed by atoms with Crippen molar-refractivity contribution in [3.8, 4) is 6.07 Å². The number of benzene rings is 1. The Balaban J connectivity index is 2.58. The zero-order valence-electron chi connectivity index (χ0n) is 7.05. The van der Waals surface area contributed by atoms with E-state index in [1.54, 1.807) is 0 Å². The van der Waals surface area contributed by atoms with Gasteiger partial charge in [0, 0.05) is 0 Å². The Morgan fingerprint density at radius 3 is 2.85 bits per heavy atom. The summed E-state index contributed by atoms with van der Waals surface area (Å²) in [6.07, 6.45) is 1.90. The quantitative estimate of drug-likeness (QED) is 0.576. The third-order valence-electron chi connectivity index (χ3n) is 2.35. The summed E-state index contributed by atoms with van der Waals surface area (Å²) in [4.78, 5) is 0. The molecule has 64 valence electrons. The lowest BCUT2D eigenvalue weighted by molar-refractivity contribution is 1.08. The first kappa shape index (κ1) is 8.34. The normalized spacial score (nSPS) is 17.8. The van der Waals surface area contributed by atoms with Crippen molar-refractivity contribution in [2.75, 3.05) is 0 Å². The van der Waals surface area contributed by atoms with Gasteiger partial charge in [0.2, 0.25) is 0 Å². The molecule has 0 spiro atoms. The van der Waals surface area contributed by atoms with E-state index in [1.807, 2.05) is 24.3 Å². The molecular weight excluding hydrogens is 182 g/mol. The second-order valence-corrected chi connectivity index (χ2v) is 3.44. The van der Waals surface area contributed by atoms with Gasteiger partial charge in [-0.25, -0.2) is 0 Å². The van der Waals surface area contributed by atoms with Crippen LogP contribution in [0.25, 0.3) is 5.57 Å². The Kier molecular flexibility index (Phi) is 2.08. The average Bonchev–Trinajstić information content (AvgIpc) is 2.60. The molecule has 0 atom stereocenters. The van der Waals surface area contributed by atoms with Crippen molar-refractivity contribution >= 4 is 17.2 Å². The monoisotopic (exact) mass is 189 g/mol. The molecule has 0 heterocycles. The van der Waals surface area contributed by atoms with Gasteiger partial charge in [-0.2, -0.15) is 5.26 Å². The van der Waals surface area contributed by atoms with E-state index in [1.165, 1.54) is 5.56 Å². The summed E-state index contributed by atoms with van der Waals surface area (Å²) < 4.78 is 0. The average molecular weight is 190 g/mol. The van der Waals surface area contributed by atoms with Crippen molar-refractivity contribution in [1.82, 2.24) is 0 Å². The number of hydrogen-bond acceptors (Lipinski definition) is 1. The van der Waals surface area contributed by atoms with Crippen molar-refractivity contribution in [2.45, 2.75) is 12.8 Å². The van der Waals surface area contributed by atoms with Gasteiger partial charge in [-0.15, -0.1) is 0 Å². The molecule has 0 aliphatic heterocycles. The molecule has 2 heteroatoms. The molecule has 0 amide bonds. The van der Waals surface area contributed by atoms with Gasteiger partial charge in [-0.1, -0.05) is 35.9 Å². The smallest absolute Gasteiger partial charge is 0.122 e. The molecule has 1 aromatic carbocycles. The minimum Gasteiger partial charge on any atom is -0.191 e. The van der Waals surface area contributed by atoms with E-state index in [-0.39, 0.29) is 0 Å². The van der Waals surface area contributed by atoms with Crippen LogP contribution in [0.2, 0.25) is 0 Å². The summed E-state index contributed by atoms with van der Waals surface area (Å²) in [5.41, 5.74) is 3.44. The molecule has 0 bridgehead atoms. The molecule has 0 unspecified atom stereocenters. The molecule has 2 rings (SSSR count). The maximum atomic E-state index is 8.68. The van der Waals surface area contributed by atoms with Crippen LogP contribution in [0.1, 0.15) is 17.5 Å². The predicted molar refractivity (Wildman–Crippen MR) is 53.1 cm³/mol. The number of nitrogens with zero attached hydrogens (tertiary/aromatic N) is 1. The maximum Gasteiger partial charge on any atom is 0.122 e. The second-order valence-electron chi connectivity index (χ2n) is 3.06. The molecule has 0 N–H and O–H groups in total. The van der Waals surface area contributed by atoms with Crippen molar-refractivity contribution in [3.63, 3.8) is 0 Å². The van der Waals surface area contributed by atoms with Crippen molar-refractivity contribution in [3.05, 3.63) is 40.4 Å². The number of hydrogen-bond donors (Lipinski definition) is 0.